The number of nitrogens with zero attached hydrogens (tertiary/aromatic N) is 2. The van der Waals surface area contributed by atoms with Gasteiger partial charge in [-0.3, -0.25) is 14.9 Å². The molecule has 0 fully saturated rings. The predicted molar refractivity (Wildman–Crippen MR) is 95.1 cm³/mol. The third kappa shape index (κ3) is 5.65. The lowest BCUT2D eigenvalue weighted by Gasteiger charge is -2.07. The number of hydrogen-bond donors (Lipinski definition) is 2. The van der Waals surface area contributed by atoms with Gasteiger partial charge in [-0.2, -0.15) is 0 Å². The number of amides is 2. The zero-order valence-electron chi connectivity index (χ0n) is 13.2. The van der Waals surface area contributed by atoms with Crippen LogP contribution in [0.4, 0.5) is 10.8 Å². The Morgan fingerprint density at radius 3 is 2.35 bits per heavy atom. The second-order valence-electron chi connectivity index (χ2n) is 5.01. The average molecular weight is 350 g/mol. The fourth-order valence-corrected chi connectivity index (χ4v) is 2.98. The van der Waals surface area contributed by atoms with Crippen molar-refractivity contribution in [3.8, 4) is 0 Å². The first-order valence-corrected chi connectivity index (χ1v) is 8.96. The van der Waals surface area contributed by atoms with Crippen molar-refractivity contribution in [2.75, 3.05) is 22.1 Å². The molecule has 2 amide bonds. The van der Waals surface area contributed by atoms with Gasteiger partial charge >= 0.3 is 0 Å². The molecule has 122 valence electrons. The first kappa shape index (κ1) is 17.4. The number of carbonyl (C=O) groups is 2. The molecule has 1 aromatic heterocycles. The molecule has 0 atom stereocenters. The van der Waals surface area contributed by atoms with E-state index in [4.69, 9.17) is 0 Å². The summed E-state index contributed by atoms with van der Waals surface area (Å²) in [6, 6.07) is 5.77. The maximum absolute atomic E-state index is 11.9. The Labute approximate surface area is 143 Å². The lowest BCUT2D eigenvalue weighted by molar-refractivity contribution is -0.114. The number of carbonyl (C=O) groups excluding carboxylic acids is 2. The third-order valence-electron chi connectivity index (χ3n) is 3.03. The van der Waals surface area contributed by atoms with Crippen molar-refractivity contribution < 1.29 is 9.59 Å². The fourth-order valence-electron chi connectivity index (χ4n) is 1.76. The molecular weight excluding hydrogens is 332 g/mol. The van der Waals surface area contributed by atoms with E-state index in [-0.39, 0.29) is 23.3 Å². The summed E-state index contributed by atoms with van der Waals surface area (Å²) in [5.74, 6) is 0.0945. The van der Waals surface area contributed by atoms with Crippen LogP contribution in [0.5, 0.6) is 0 Å². The molecule has 0 aliphatic heterocycles. The normalized spacial score (nSPS) is 10.4. The fraction of sp³-hybridized carbons (Fsp3) is 0.333. The van der Waals surface area contributed by atoms with E-state index in [2.05, 4.69) is 20.8 Å². The zero-order valence-corrected chi connectivity index (χ0v) is 14.8. The number of aryl methyl sites for hydroxylation is 3. The lowest BCUT2D eigenvalue weighted by atomic mass is 10.1. The molecule has 2 N–H and O–H groups in total. The van der Waals surface area contributed by atoms with Gasteiger partial charge in [0.05, 0.1) is 11.5 Å². The molecule has 6 nitrogen and oxygen atoms in total. The standard InChI is InChI=1S/C15H18N4O2S2/c1-9-4-5-12(6-10(9)2)16-13(20)7-22-8-14(21)17-15-19-18-11(3)23-15/h4-6H,7-8H2,1-3H3,(H,16,20)(H,17,19,21). The van der Waals surface area contributed by atoms with E-state index in [0.29, 0.717) is 5.13 Å². The molecule has 1 aromatic carbocycles. The number of rotatable bonds is 6. The van der Waals surface area contributed by atoms with E-state index in [9.17, 15) is 9.59 Å². The van der Waals surface area contributed by atoms with Crippen LogP contribution in [0.25, 0.3) is 0 Å². The Hall–Kier alpha value is -1.93. The maximum atomic E-state index is 11.9. The molecule has 2 aromatic rings. The van der Waals surface area contributed by atoms with Crippen molar-refractivity contribution in [3.05, 3.63) is 34.3 Å². The van der Waals surface area contributed by atoms with Gasteiger partial charge in [0.1, 0.15) is 5.01 Å². The van der Waals surface area contributed by atoms with Crippen LogP contribution < -0.4 is 10.6 Å². The highest BCUT2D eigenvalue weighted by Crippen LogP contribution is 2.16. The third-order valence-corrected chi connectivity index (χ3v) is 4.72. The van der Waals surface area contributed by atoms with Crippen LogP contribution in [0.1, 0.15) is 16.1 Å². The summed E-state index contributed by atoms with van der Waals surface area (Å²) in [4.78, 5) is 23.6. The number of benzene rings is 1. The molecule has 2 rings (SSSR count). The molecular formula is C15H18N4O2S2. The van der Waals surface area contributed by atoms with E-state index >= 15 is 0 Å². The Bertz CT molecular complexity index is 715. The molecule has 0 aliphatic rings. The summed E-state index contributed by atoms with van der Waals surface area (Å²) in [5, 5.41) is 14.4. The molecule has 0 bridgehead atoms. The highest BCUT2D eigenvalue weighted by molar-refractivity contribution is 8.00. The van der Waals surface area contributed by atoms with E-state index in [0.717, 1.165) is 16.3 Å². The van der Waals surface area contributed by atoms with Crippen molar-refractivity contribution in [1.29, 1.82) is 0 Å². The Morgan fingerprint density at radius 1 is 1.04 bits per heavy atom. The number of hydrogen-bond acceptors (Lipinski definition) is 6. The van der Waals surface area contributed by atoms with E-state index in [1.807, 2.05) is 39.0 Å². The molecule has 8 heteroatoms. The molecule has 0 saturated carbocycles. The number of anilines is 2. The van der Waals surface area contributed by atoms with Gasteiger partial charge in [0, 0.05) is 5.69 Å². The second-order valence-corrected chi connectivity index (χ2v) is 7.18. The van der Waals surface area contributed by atoms with Crippen LogP contribution in [0.3, 0.4) is 0 Å². The summed E-state index contributed by atoms with van der Waals surface area (Å²) >= 11 is 2.57. The van der Waals surface area contributed by atoms with Gasteiger partial charge < -0.3 is 5.32 Å². The number of aromatic nitrogens is 2. The van der Waals surface area contributed by atoms with Crippen LogP contribution in [-0.2, 0) is 9.59 Å². The molecule has 0 unspecified atom stereocenters. The van der Waals surface area contributed by atoms with Crippen molar-refractivity contribution in [3.63, 3.8) is 0 Å². The van der Waals surface area contributed by atoms with E-state index < -0.39 is 0 Å². The van der Waals surface area contributed by atoms with Crippen molar-refractivity contribution in [2.24, 2.45) is 0 Å². The minimum absolute atomic E-state index is 0.127. The average Bonchev–Trinajstić information content (AvgIpc) is 2.88. The van der Waals surface area contributed by atoms with Gasteiger partial charge in [-0.25, -0.2) is 0 Å². The largest absolute Gasteiger partial charge is 0.325 e. The number of thioether (sulfide) groups is 1. The van der Waals surface area contributed by atoms with Gasteiger partial charge in [-0.05, 0) is 44.0 Å². The van der Waals surface area contributed by atoms with Crippen LogP contribution >= 0.6 is 23.1 Å². The van der Waals surface area contributed by atoms with Crippen molar-refractivity contribution in [2.45, 2.75) is 20.8 Å². The van der Waals surface area contributed by atoms with Gasteiger partial charge in [-0.1, -0.05) is 17.4 Å². The van der Waals surface area contributed by atoms with Gasteiger partial charge in [0.25, 0.3) is 0 Å². The van der Waals surface area contributed by atoms with Crippen LogP contribution in [0.15, 0.2) is 18.2 Å². The topological polar surface area (TPSA) is 84.0 Å². The van der Waals surface area contributed by atoms with Crippen molar-refractivity contribution in [1.82, 2.24) is 10.2 Å². The maximum Gasteiger partial charge on any atom is 0.236 e. The Kier molecular flexibility index (Phi) is 6.12. The Balaban J connectivity index is 1.71. The van der Waals surface area contributed by atoms with Crippen LogP contribution in [-0.4, -0.2) is 33.5 Å². The monoisotopic (exact) mass is 350 g/mol. The zero-order chi connectivity index (χ0) is 16.8. The summed E-state index contributed by atoms with van der Waals surface area (Å²) in [5.41, 5.74) is 3.08. The highest BCUT2D eigenvalue weighted by Gasteiger charge is 2.09. The molecule has 0 aliphatic carbocycles. The van der Waals surface area contributed by atoms with Gasteiger partial charge in [0.15, 0.2) is 0 Å². The smallest absolute Gasteiger partial charge is 0.236 e. The molecule has 1 heterocycles. The minimum Gasteiger partial charge on any atom is -0.325 e. The minimum atomic E-state index is -0.190. The summed E-state index contributed by atoms with van der Waals surface area (Å²) in [6.45, 7) is 5.84. The molecule has 23 heavy (non-hydrogen) atoms. The molecule has 0 saturated heterocycles. The summed E-state index contributed by atoms with van der Waals surface area (Å²) < 4.78 is 0. The first-order valence-electron chi connectivity index (χ1n) is 6.99. The van der Waals surface area contributed by atoms with E-state index in [1.54, 1.807) is 0 Å². The molecule has 0 radical (unpaired) electrons. The van der Waals surface area contributed by atoms with E-state index in [1.165, 1.54) is 28.7 Å². The lowest BCUT2D eigenvalue weighted by Crippen LogP contribution is -2.18. The van der Waals surface area contributed by atoms with Crippen LogP contribution in [0.2, 0.25) is 0 Å². The molecule has 0 spiro atoms. The second kappa shape index (κ2) is 8.07. The summed E-state index contributed by atoms with van der Waals surface area (Å²) in [7, 11) is 0. The quantitative estimate of drug-likeness (QED) is 0.837. The SMILES string of the molecule is Cc1nnc(NC(=O)CSCC(=O)Nc2ccc(C)c(C)c2)s1. The first-order chi connectivity index (χ1) is 10.9. The summed E-state index contributed by atoms with van der Waals surface area (Å²) in [6.07, 6.45) is 0. The van der Waals surface area contributed by atoms with Crippen LogP contribution in [0, 0.1) is 20.8 Å². The van der Waals surface area contributed by atoms with Crippen molar-refractivity contribution >= 4 is 45.7 Å². The predicted octanol–water partition coefficient (Wildman–Crippen LogP) is 2.77. The highest BCUT2D eigenvalue weighted by atomic mass is 32.2. The Morgan fingerprint density at radius 2 is 1.74 bits per heavy atom. The van der Waals surface area contributed by atoms with Gasteiger partial charge in [-0.15, -0.1) is 22.0 Å². The van der Waals surface area contributed by atoms with Gasteiger partial charge in [0.2, 0.25) is 16.9 Å². The number of nitrogens with one attached hydrogen (secondary N) is 2.